The lowest BCUT2D eigenvalue weighted by Crippen LogP contribution is -2.60. The van der Waals surface area contributed by atoms with Gasteiger partial charge in [-0.3, -0.25) is 4.99 Å². The number of rotatable bonds is 3. The van der Waals surface area contributed by atoms with E-state index in [0.29, 0.717) is 17.9 Å². The highest BCUT2D eigenvalue weighted by molar-refractivity contribution is 5.81. The Hall–Kier alpha value is -0.770. The highest BCUT2D eigenvalue weighted by Gasteiger charge is 2.50. The van der Waals surface area contributed by atoms with Crippen LogP contribution in [0.1, 0.15) is 52.4 Å². The molecule has 0 aromatic rings. The standard InChI is InChI=1S/C16H29N3O/c1-12(2)14-7-3-4-8-16(14)11-18-15(17)19(16)10-13-6-5-9-20-13/h12-14H,3-11H2,1-2H3,(H2,17,18). The zero-order chi connectivity index (χ0) is 14.2. The number of hydrogen-bond donors (Lipinski definition) is 1. The van der Waals surface area contributed by atoms with Gasteiger partial charge in [-0.25, -0.2) is 0 Å². The van der Waals surface area contributed by atoms with Crippen molar-refractivity contribution in [2.24, 2.45) is 22.6 Å². The molecule has 4 nitrogen and oxygen atoms in total. The van der Waals surface area contributed by atoms with Crippen molar-refractivity contribution in [2.45, 2.75) is 64.0 Å². The molecule has 3 atom stereocenters. The number of ether oxygens (including phenoxy) is 1. The Morgan fingerprint density at radius 2 is 2.20 bits per heavy atom. The molecule has 4 heteroatoms. The Labute approximate surface area is 122 Å². The summed E-state index contributed by atoms with van der Waals surface area (Å²) in [5.74, 6) is 2.17. The second-order valence-electron chi connectivity index (χ2n) is 7.12. The fourth-order valence-electron chi connectivity index (χ4n) is 4.62. The van der Waals surface area contributed by atoms with E-state index >= 15 is 0 Å². The Bertz CT molecular complexity index is 376. The quantitative estimate of drug-likeness (QED) is 0.863. The largest absolute Gasteiger partial charge is 0.376 e. The predicted molar refractivity (Wildman–Crippen MR) is 81.7 cm³/mol. The molecule has 0 aromatic carbocycles. The van der Waals surface area contributed by atoms with Crippen LogP contribution in [-0.2, 0) is 4.74 Å². The van der Waals surface area contributed by atoms with E-state index < -0.39 is 0 Å². The van der Waals surface area contributed by atoms with Gasteiger partial charge in [0.15, 0.2) is 5.96 Å². The summed E-state index contributed by atoms with van der Waals surface area (Å²) in [5, 5.41) is 0. The summed E-state index contributed by atoms with van der Waals surface area (Å²) < 4.78 is 5.84. The number of hydrogen-bond acceptors (Lipinski definition) is 4. The molecule has 3 aliphatic rings. The van der Waals surface area contributed by atoms with Gasteiger partial charge >= 0.3 is 0 Å². The summed E-state index contributed by atoms with van der Waals surface area (Å²) in [6.45, 7) is 7.47. The molecule has 2 aliphatic heterocycles. The lowest BCUT2D eigenvalue weighted by atomic mass is 9.67. The summed E-state index contributed by atoms with van der Waals surface area (Å²) in [6.07, 6.45) is 7.96. The highest BCUT2D eigenvalue weighted by atomic mass is 16.5. The zero-order valence-electron chi connectivity index (χ0n) is 13.0. The van der Waals surface area contributed by atoms with Gasteiger partial charge in [-0.1, -0.05) is 26.7 Å². The zero-order valence-corrected chi connectivity index (χ0v) is 13.0. The lowest BCUT2D eigenvalue weighted by molar-refractivity contribution is 0.00958. The Morgan fingerprint density at radius 3 is 2.90 bits per heavy atom. The van der Waals surface area contributed by atoms with Crippen molar-refractivity contribution >= 4 is 5.96 Å². The molecule has 2 fully saturated rings. The minimum atomic E-state index is 0.183. The van der Waals surface area contributed by atoms with Crippen molar-refractivity contribution < 1.29 is 4.74 Å². The van der Waals surface area contributed by atoms with E-state index in [4.69, 9.17) is 10.5 Å². The van der Waals surface area contributed by atoms with Crippen LogP contribution in [0.5, 0.6) is 0 Å². The molecule has 1 saturated carbocycles. The van der Waals surface area contributed by atoms with Crippen LogP contribution in [0.15, 0.2) is 4.99 Å². The average Bonchev–Trinajstić information content (AvgIpc) is 3.04. The first kappa shape index (κ1) is 14.2. The smallest absolute Gasteiger partial charge is 0.191 e. The molecule has 1 aliphatic carbocycles. The lowest BCUT2D eigenvalue weighted by Gasteiger charge is -2.50. The summed E-state index contributed by atoms with van der Waals surface area (Å²) in [7, 11) is 0. The van der Waals surface area contributed by atoms with Crippen LogP contribution in [0.25, 0.3) is 0 Å². The predicted octanol–water partition coefficient (Wildman–Crippen LogP) is 2.38. The molecule has 1 spiro atoms. The number of aliphatic imine (C=N–C) groups is 1. The average molecular weight is 279 g/mol. The van der Waals surface area contributed by atoms with Crippen LogP contribution in [0.2, 0.25) is 0 Å². The highest BCUT2D eigenvalue weighted by Crippen LogP contribution is 2.45. The van der Waals surface area contributed by atoms with E-state index in [0.717, 1.165) is 25.7 Å². The van der Waals surface area contributed by atoms with Crippen LogP contribution >= 0.6 is 0 Å². The SMILES string of the molecule is CC(C)C1CCCCC12CN=C(N)N2CC1CCCO1. The minimum absolute atomic E-state index is 0.183. The molecular formula is C16H29N3O. The van der Waals surface area contributed by atoms with Crippen molar-refractivity contribution in [1.29, 1.82) is 0 Å². The molecule has 0 radical (unpaired) electrons. The van der Waals surface area contributed by atoms with E-state index in [9.17, 15) is 0 Å². The van der Waals surface area contributed by atoms with Gasteiger partial charge in [0, 0.05) is 13.2 Å². The maximum absolute atomic E-state index is 6.25. The first-order chi connectivity index (χ1) is 9.63. The molecule has 1 saturated heterocycles. The van der Waals surface area contributed by atoms with Crippen molar-refractivity contribution in [3.8, 4) is 0 Å². The monoisotopic (exact) mass is 279 g/mol. The third-order valence-corrected chi connectivity index (χ3v) is 5.61. The fourth-order valence-corrected chi connectivity index (χ4v) is 4.62. The van der Waals surface area contributed by atoms with Crippen LogP contribution in [0.4, 0.5) is 0 Å². The first-order valence-electron chi connectivity index (χ1n) is 8.32. The molecule has 2 N–H and O–H groups in total. The fraction of sp³-hybridized carbons (Fsp3) is 0.938. The van der Waals surface area contributed by atoms with Crippen molar-refractivity contribution in [3.63, 3.8) is 0 Å². The molecule has 114 valence electrons. The van der Waals surface area contributed by atoms with E-state index in [1.165, 1.54) is 38.5 Å². The summed E-state index contributed by atoms with van der Waals surface area (Å²) in [4.78, 5) is 7.06. The van der Waals surface area contributed by atoms with Gasteiger partial charge in [-0.05, 0) is 37.5 Å². The topological polar surface area (TPSA) is 50.8 Å². The summed E-state index contributed by atoms with van der Waals surface area (Å²) in [6, 6.07) is 0. The molecule has 0 aromatic heterocycles. The van der Waals surface area contributed by atoms with E-state index in [1.54, 1.807) is 0 Å². The molecule has 3 rings (SSSR count). The minimum Gasteiger partial charge on any atom is -0.376 e. The van der Waals surface area contributed by atoms with Gasteiger partial charge in [-0.15, -0.1) is 0 Å². The van der Waals surface area contributed by atoms with Crippen molar-refractivity contribution in [3.05, 3.63) is 0 Å². The van der Waals surface area contributed by atoms with Gasteiger partial charge in [0.2, 0.25) is 0 Å². The Kier molecular flexibility index (Phi) is 3.93. The van der Waals surface area contributed by atoms with Crippen LogP contribution in [0.3, 0.4) is 0 Å². The second kappa shape index (κ2) is 5.55. The Balaban J connectivity index is 1.81. The second-order valence-corrected chi connectivity index (χ2v) is 7.12. The van der Waals surface area contributed by atoms with Gasteiger partial charge in [0.05, 0.1) is 18.2 Å². The molecule has 0 bridgehead atoms. The number of guanidine groups is 1. The third kappa shape index (κ3) is 2.32. The molecule has 2 heterocycles. The molecule has 20 heavy (non-hydrogen) atoms. The normalized spacial score (nSPS) is 38.0. The third-order valence-electron chi connectivity index (χ3n) is 5.61. The maximum Gasteiger partial charge on any atom is 0.191 e. The number of nitrogens with zero attached hydrogens (tertiary/aromatic N) is 2. The van der Waals surface area contributed by atoms with Crippen LogP contribution in [0, 0.1) is 11.8 Å². The van der Waals surface area contributed by atoms with Gasteiger partial charge < -0.3 is 15.4 Å². The van der Waals surface area contributed by atoms with Crippen LogP contribution in [-0.4, -0.2) is 42.2 Å². The Morgan fingerprint density at radius 1 is 1.35 bits per heavy atom. The first-order valence-corrected chi connectivity index (χ1v) is 8.32. The van der Waals surface area contributed by atoms with Crippen molar-refractivity contribution in [2.75, 3.05) is 19.7 Å². The molecule has 3 unspecified atom stereocenters. The van der Waals surface area contributed by atoms with Crippen molar-refractivity contribution in [1.82, 2.24) is 4.90 Å². The van der Waals surface area contributed by atoms with E-state index in [2.05, 4.69) is 23.7 Å². The molecule has 0 amide bonds. The molecular weight excluding hydrogens is 250 g/mol. The maximum atomic E-state index is 6.25. The number of nitrogens with two attached hydrogens (primary N) is 1. The van der Waals surface area contributed by atoms with E-state index in [-0.39, 0.29) is 5.54 Å². The van der Waals surface area contributed by atoms with Gasteiger partial charge in [0.1, 0.15) is 0 Å². The van der Waals surface area contributed by atoms with Crippen LogP contribution < -0.4 is 5.73 Å². The summed E-state index contributed by atoms with van der Waals surface area (Å²) >= 11 is 0. The van der Waals surface area contributed by atoms with Gasteiger partial charge in [0.25, 0.3) is 0 Å². The van der Waals surface area contributed by atoms with Gasteiger partial charge in [-0.2, -0.15) is 0 Å². The van der Waals surface area contributed by atoms with E-state index in [1.807, 2.05) is 0 Å². The summed E-state index contributed by atoms with van der Waals surface area (Å²) in [5.41, 5.74) is 6.43.